The zero-order valence-electron chi connectivity index (χ0n) is 8.15. The van der Waals surface area contributed by atoms with Gasteiger partial charge in [0, 0.05) is 0 Å². The van der Waals surface area contributed by atoms with Crippen LogP contribution in [0.1, 0.15) is 43.2 Å². The average Bonchev–Trinajstić information content (AvgIpc) is 2.51. The number of carboxylic acid groups (broad SMARTS) is 1. The monoisotopic (exact) mass is 199 g/mol. The third-order valence-corrected chi connectivity index (χ3v) is 1.88. The Morgan fingerprint density at radius 3 is 2.79 bits per heavy atom. The number of hydrogen-bond donors (Lipinski definition) is 2. The third kappa shape index (κ3) is 2.08. The van der Waals surface area contributed by atoms with E-state index in [9.17, 15) is 4.79 Å². The lowest BCUT2D eigenvalue weighted by Gasteiger charge is -2.17. The van der Waals surface area contributed by atoms with Crippen LogP contribution in [0.25, 0.3) is 0 Å². The highest BCUT2D eigenvalue weighted by atomic mass is 16.5. The molecule has 0 saturated heterocycles. The maximum absolute atomic E-state index is 10.5. The molecule has 0 amide bonds. The van der Waals surface area contributed by atoms with Crippen LogP contribution in [-0.4, -0.2) is 21.2 Å². The van der Waals surface area contributed by atoms with E-state index in [1.165, 1.54) is 0 Å². The Hall–Kier alpha value is -1.43. The van der Waals surface area contributed by atoms with Gasteiger partial charge in [0.2, 0.25) is 5.89 Å². The van der Waals surface area contributed by atoms with Crippen molar-refractivity contribution in [2.24, 2.45) is 5.73 Å². The molecule has 1 aromatic heterocycles. The van der Waals surface area contributed by atoms with Gasteiger partial charge in [-0.3, -0.25) is 0 Å². The fourth-order valence-electron chi connectivity index (χ4n) is 1.17. The molecule has 0 aromatic carbocycles. The van der Waals surface area contributed by atoms with E-state index < -0.39 is 11.5 Å². The molecule has 1 atom stereocenters. The minimum Gasteiger partial charge on any atom is -0.475 e. The molecule has 14 heavy (non-hydrogen) atoms. The van der Waals surface area contributed by atoms with Crippen molar-refractivity contribution in [1.82, 2.24) is 10.1 Å². The van der Waals surface area contributed by atoms with Gasteiger partial charge in [0.25, 0.3) is 5.82 Å². The summed E-state index contributed by atoms with van der Waals surface area (Å²) >= 11 is 0. The van der Waals surface area contributed by atoms with Crippen molar-refractivity contribution < 1.29 is 14.4 Å². The smallest absolute Gasteiger partial charge is 0.377 e. The number of aromatic carboxylic acids is 1. The normalized spacial score (nSPS) is 15.1. The maximum atomic E-state index is 10.5. The highest BCUT2D eigenvalue weighted by Crippen LogP contribution is 2.20. The van der Waals surface area contributed by atoms with Crippen LogP contribution in [0.15, 0.2) is 4.52 Å². The molecule has 0 saturated carbocycles. The van der Waals surface area contributed by atoms with E-state index in [0.29, 0.717) is 6.42 Å². The minimum atomic E-state index is -1.22. The molecule has 3 N–H and O–H groups in total. The first-order chi connectivity index (χ1) is 6.47. The van der Waals surface area contributed by atoms with E-state index >= 15 is 0 Å². The Bertz CT molecular complexity index is 332. The molecule has 0 aliphatic heterocycles. The molecule has 1 rings (SSSR count). The highest BCUT2D eigenvalue weighted by molar-refractivity contribution is 5.82. The Labute approximate surface area is 81.1 Å². The van der Waals surface area contributed by atoms with Gasteiger partial charge >= 0.3 is 5.97 Å². The zero-order chi connectivity index (χ0) is 10.8. The molecule has 0 aliphatic rings. The van der Waals surface area contributed by atoms with Gasteiger partial charge in [-0.1, -0.05) is 13.3 Å². The van der Waals surface area contributed by atoms with Crippen molar-refractivity contribution in [3.8, 4) is 0 Å². The van der Waals surface area contributed by atoms with Crippen LogP contribution in [0, 0.1) is 0 Å². The van der Waals surface area contributed by atoms with Gasteiger partial charge in [0.05, 0.1) is 5.54 Å². The predicted octanol–water partition coefficient (Wildman–Crippen LogP) is 0.742. The lowest BCUT2D eigenvalue weighted by Crippen LogP contribution is -2.33. The largest absolute Gasteiger partial charge is 0.475 e. The molecule has 0 spiro atoms. The number of carbonyl (C=O) groups is 1. The molecule has 0 aliphatic carbocycles. The van der Waals surface area contributed by atoms with E-state index in [4.69, 9.17) is 15.4 Å². The van der Waals surface area contributed by atoms with Gasteiger partial charge < -0.3 is 15.4 Å². The standard InChI is InChI=1S/C8H13N3O3/c1-3-4-8(2,9)7-10-5(6(12)13)11-14-7/h3-4,9H2,1-2H3,(H,12,13). The van der Waals surface area contributed by atoms with Gasteiger partial charge in [-0.15, -0.1) is 0 Å². The first-order valence-electron chi connectivity index (χ1n) is 4.33. The Morgan fingerprint density at radius 2 is 2.36 bits per heavy atom. The number of aromatic nitrogens is 2. The van der Waals surface area contributed by atoms with Crippen LogP contribution in [-0.2, 0) is 5.54 Å². The molecule has 1 unspecified atom stereocenters. The summed E-state index contributed by atoms with van der Waals surface area (Å²) in [6.45, 7) is 3.70. The van der Waals surface area contributed by atoms with Crippen molar-refractivity contribution in [3.63, 3.8) is 0 Å². The van der Waals surface area contributed by atoms with Crippen LogP contribution in [0.3, 0.4) is 0 Å². The number of nitrogens with two attached hydrogens (primary N) is 1. The quantitative estimate of drug-likeness (QED) is 0.741. The summed E-state index contributed by atoms with van der Waals surface area (Å²) in [4.78, 5) is 14.2. The molecule has 1 heterocycles. The predicted molar refractivity (Wildman–Crippen MR) is 47.7 cm³/mol. The number of rotatable bonds is 4. The SMILES string of the molecule is CCCC(C)(N)c1nc(C(=O)O)no1. The molecule has 0 radical (unpaired) electrons. The molecule has 1 aromatic rings. The second-order valence-electron chi connectivity index (χ2n) is 3.40. The van der Waals surface area contributed by atoms with E-state index in [1.54, 1.807) is 6.92 Å². The summed E-state index contributed by atoms with van der Waals surface area (Å²) in [6, 6.07) is 0. The minimum absolute atomic E-state index is 0.164. The fraction of sp³-hybridized carbons (Fsp3) is 0.625. The number of nitrogens with zero attached hydrogens (tertiary/aromatic N) is 2. The van der Waals surface area contributed by atoms with Gasteiger partial charge in [0.1, 0.15) is 0 Å². The Morgan fingerprint density at radius 1 is 1.71 bits per heavy atom. The molecular weight excluding hydrogens is 186 g/mol. The van der Waals surface area contributed by atoms with Gasteiger partial charge in [-0.2, -0.15) is 4.98 Å². The van der Waals surface area contributed by atoms with Crippen LogP contribution < -0.4 is 5.73 Å². The summed E-state index contributed by atoms with van der Waals surface area (Å²) in [6.07, 6.45) is 1.52. The lowest BCUT2D eigenvalue weighted by molar-refractivity contribution is 0.0680. The summed E-state index contributed by atoms with van der Waals surface area (Å²) in [5.41, 5.74) is 5.12. The second-order valence-corrected chi connectivity index (χ2v) is 3.40. The molecule has 6 heteroatoms. The van der Waals surface area contributed by atoms with Crippen molar-refractivity contribution in [3.05, 3.63) is 11.7 Å². The van der Waals surface area contributed by atoms with Crippen molar-refractivity contribution in [1.29, 1.82) is 0 Å². The molecule has 0 fully saturated rings. The molecule has 78 valence electrons. The Balaban J connectivity index is 2.90. The van der Waals surface area contributed by atoms with Crippen molar-refractivity contribution in [2.45, 2.75) is 32.2 Å². The van der Waals surface area contributed by atoms with Crippen LogP contribution in [0.5, 0.6) is 0 Å². The first-order valence-corrected chi connectivity index (χ1v) is 4.33. The summed E-state index contributed by atoms with van der Waals surface area (Å²) < 4.78 is 4.78. The average molecular weight is 199 g/mol. The van der Waals surface area contributed by atoms with Crippen LogP contribution in [0.4, 0.5) is 0 Å². The third-order valence-electron chi connectivity index (χ3n) is 1.88. The summed E-state index contributed by atoms with van der Waals surface area (Å²) in [5.74, 6) is -1.41. The molecule has 0 bridgehead atoms. The number of carboxylic acids is 1. The summed E-state index contributed by atoms with van der Waals surface area (Å²) in [5, 5.41) is 11.9. The second kappa shape index (κ2) is 3.75. The van der Waals surface area contributed by atoms with E-state index in [-0.39, 0.29) is 11.7 Å². The van der Waals surface area contributed by atoms with E-state index in [2.05, 4.69) is 10.1 Å². The molecular formula is C8H13N3O3. The highest BCUT2D eigenvalue weighted by Gasteiger charge is 2.28. The van der Waals surface area contributed by atoms with Crippen LogP contribution in [0.2, 0.25) is 0 Å². The van der Waals surface area contributed by atoms with Crippen molar-refractivity contribution in [2.75, 3.05) is 0 Å². The number of hydrogen-bond acceptors (Lipinski definition) is 5. The van der Waals surface area contributed by atoms with Gasteiger partial charge in [-0.05, 0) is 18.5 Å². The molecule has 6 nitrogen and oxygen atoms in total. The Kier molecular flexibility index (Phi) is 2.85. The fourth-order valence-corrected chi connectivity index (χ4v) is 1.17. The van der Waals surface area contributed by atoms with Gasteiger partial charge in [0.15, 0.2) is 0 Å². The van der Waals surface area contributed by atoms with E-state index in [1.807, 2.05) is 6.92 Å². The van der Waals surface area contributed by atoms with E-state index in [0.717, 1.165) is 6.42 Å². The topological polar surface area (TPSA) is 102 Å². The van der Waals surface area contributed by atoms with Crippen molar-refractivity contribution >= 4 is 5.97 Å². The zero-order valence-corrected chi connectivity index (χ0v) is 8.15. The first kappa shape index (κ1) is 10.6. The maximum Gasteiger partial charge on any atom is 0.377 e. The van der Waals surface area contributed by atoms with Gasteiger partial charge in [-0.25, -0.2) is 4.79 Å². The summed E-state index contributed by atoms with van der Waals surface area (Å²) in [7, 11) is 0. The lowest BCUT2D eigenvalue weighted by atomic mass is 9.98. The van der Waals surface area contributed by atoms with Crippen LogP contribution >= 0.6 is 0 Å².